The molecular formula is C17H15N5O3. The quantitative estimate of drug-likeness (QED) is 0.756. The Hall–Kier alpha value is -3.42. The van der Waals surface area contributed by atoms with Gasteiger partial charge in [0.05, 0.1) is 5.56 Å². The Morgan fingerprint density at radius 3 is 3.04 bits per heavy atom. The van der Waals surface area contributed by atoms with Crippen LogP contribution in [0.2, 0.25) is 0 Å². The van der Waals surface area contributed by atoms with Crippen molar-refractivity contribution in [3.05, 3.63) is 60.3 Å². The van der Waals surface area contributed by atoms with Crippen LogP contribution in [-0.2, 0) is 6.42 Å². The van der Waals surface area contributed by atoms with E-state index in [-0.39, 0.29) is 12.7 Å². The van der Waals surface area contributed by atoms with Crippen LogP contribution in [0.4, 0.5) is 0 Å². The number of hydrogen-bond acceptors (Lipinski definition) is 6. The fraction of sp³-hybridized carbons (Fsp3) is 0.176. The van der Waals surface area contributed by atoms with Gasteiger partial charge in [-0.2, -0.15) is 5.10 Å². The first kappa shape index (κ1) is 15.1. The van der Waals surface area contributed by atoms with Gasteiger partial charge in [-0.1, -0.05) is 6.07 Å². The summed E-state index contributed by atoms with van der Waals surface area (Å²) < 4.78 is 12.1. The van der Waals surface area contributed by atoms with Gasteiger partial charge in [-0.25, -0.2) is 14.6 Å². The van der Waals surface area contributed by atoms with Gasteiger partial charge in [0.25, 0.3) is 5.91 Å². The highest BCUT2D eigenvalue weighted by atomic mass is 16.7. The van der Waals surface area contributed by atoms with E-state index in [2.05, 4.69) is 20.4 Å². The number of hydrogen-bond donors (Lipinski definition) is 1. The highest BCUT2D eigenvalue weighted by molar-refractivity contribution is 5.97. The van der Waals surface area contributed by atoms with E-state index in [1.165, 1.54) is 17.3 Å². The number of amides is 1. The SMILES string of the molecule is O=C(NCCc1ccc2c(c1)OCO2)c1cccnc1-n1cncn1. The number of nitrogens with one attached hydrogen (secondary N) is 1. The van der Waals surface area contributed by atoms with Gasteiger partial charge in [-0.15, -0.1) is 0 Å². The van der Waals surface area contributed by atoms with Gasteiger partial charge in [0.15, 0.2) is 17.3 Å². The molecule has 0 bridgehead atoms. The number of aromatic nitrogens is 4. The Morgan fingerprint density at radius 1 is 1.24 bits per heavy atom. The first-order valence-electron chi connectivity index (χ1n) is 7.78. The molecule has 0 radical (unpaired) electrons. The lowest BCUT2D eigenvalue weighted by Gasteiger charge is -2.09. The standard InChI is InChI=1S/C17H15N5O3/c23-17(13-2-1-6-19-16(13)22-10-18-9-21-22)20-7-5-12-3-4-14-15(8-12)25-11-24-14/h1-4,6,8-10H,5,7,11H2,(H,20,23). The molecule has 1 N–H and O–H groups in total. The highest BCUT2D eigenvalue weighted by Crippen LogP contribution is 2.32. The van der Waals surface area contributed by atoms with Gasteiger partial charge < -0.3 is 14.8 Å². The van der Waals surface area contributed by atoms with Gasteiger partial charge in [-0.05, 0) is 36.2 Å². The number of rotatable bonds is 5. The summed E-state index contributed by atoms with van der Waals surface area (Å²) in [6.07, 6.45) is 5.20. The number of ether oxygens (including phenoxy) is 2. The summed E-state index contributed by atoms with van der Waals surface area (Å²) in [5.41, 5.74) is 1.51. The van der Waals surface area contributed by atoms with Crippen LogP contribution in [-0.4, -0.2) is 39.0 Å². The van der Waals surface area contributed by atoms with Crippen molar-refractivity contribution in [3.63, 3.8) is 0 Å². The lowest BCUT2D eigenvalue weighted by atomic mass is 10.1. The lowest BCUT2D eigenvalue weighted by molar-refractivity contribution is 0.0953. The molecule has 0 atom stereocenters. The van der Waals surface area contributed by atoms with E-state index in [9.17, 15) is 4.79 Å². The van der Waals surface area contributed by atoms with E-state index in [1.807, 2.05) is 18.2 Å². The maximum absolute atomic E-state index is 12.5. The Morgan fingerprint density at radius 2 is 2.16 bits per heavy atom. The fourth-order valence-corrected chi connectivity index (χ4v) is 2.59. The lowest BCUT2D eigenvalue weighted by Crippen LogP contribution is -2.27. The van der Waals surface area contributed by atoms with Gasteiger partial charge >= 0.3 is 0 Å². The van der Waals surface area contributed by atoms with Crippen LogP contribution in [0, 0.1) is 0 Å². The van der Waals surface area contributed by atoms with E-state index in [1.54, 1.807) is 18.3 Å². The third-order valence-corrected chi connectivity index (χ3v) is 3.80. The zero-order chi connectivity index (χ0) is 17.1. The van der Waals surface area contributed by atoms with Gasteiger partial charge in [0.1, 0.15) is 12.7 Å². The monoisotopic (exact) mass is 337 g/mol. The van der Waals surface area contributed by atoms with Crippen molar-refractivity contribution in [2.75, 3.05) is 13.3 Å². The van der Waals surface area contributed by atoms with Crippen molar-refractivity contribution < 1.29 is 14.3 Å². The van der Waals surface area contributed by atoms with E-state index < -0.39 is 0 Å². The highest BCUT2D eigenvalue weighted by Gasteiger charge is 2.15. The predicted molar refractivity (Wildman–Crippen MR) is 87.8 cm³/mol. The third kappa shape index (κ3) is 3.14. The molecule has 1 amide bonds. The van der Waals surface area contributed by atoms with Gasteiger partial charge in [-0.3, -0.25) is 4.79 Å². The average molecular weight is 337 g/mol. The van der Waals surface area contributed by atoms with E-state index >= 15 is 0 Å². The van der Waals surface area contributed by atoms with Crippen LogP contribution in [0.25, 0.3) is 5.82 Å². The number of benzene rings is 1. The van der Waals surface area contributed by atoms with E-state index in [0.717, 1.165) is 17.1 Å². The fourth-order valence-electron chi connectivity index (χ4n) is 2.59. The zero-order valence-corrected chi connectivity index (χ0v) is 13.3. The molecule has 4 rings (SSSR count). The number of nitrogens with zero attached hydrogens (tertiary/aromatic N) is 4. The molecule has 1 aromatic carbocycles. The largest absolute Gasteiger partial charge is 0.454 e. The molecule has 2 aromatic heterocycles. The molecule has 8 heteroatoms. The summed E-state index contributed by atoms with van der Waals surface area (Å²) in [6, 6.07) is 9.19. The van der Waals surface area contributed by atoms with Crippen molar-refractivity contribution in [2.24, 2.45) is 0 Å². The second-order valence-corrected chi connectivity index (χ2v) is 5.41. The summed E-state index contributed by atoms with van der Waals surface area (Å²) >= 11 is 0. The summed E-state index contributed by atoms with van der Waals surface area (Å²) in [6.45, 7) is 0.742. The molecule has 0 saturated carbocycles. The molecule has 0 aliphatic carbocycles. The van der Waals surface area contributed by atoms with Gasteiger partial charge in [0.2, 0.25) is 6.79 Å². The molecule has 0 spiro atoms. The van der Waals surface area contributed by atoms with Crippen LogP contribution in [0.3, 0.4) is 0 Å². The van der Waals surface area contributed by atoms with Crippen LogP contribution >= 0.6 is 0 Å². The van der Waals surface area contributed by atoms with Gasteiger partial charge in [0, 0.05) is 12.7 Å². The van der Waals surface area contributed by atoms with Crippen LogP contribution in [0.1, 0.15) is 15.9 Å². The van der Waals surface area contributed by atoms with E-state index in [4.69, 9.17) is 9.47 Å². The molecule has 3 heterocycles. The Bertz CT molecular complexity index is 895. The first-order chi connectivity index (χ1) is 12.3. The number of pyridine rings is 1. The van der Waals surface area contributed by atoms with Crippen LogP contribution in [0.5, 0.6) is 11.5 Å². The van der Waals surface area contributed by atoms with Crippen molar-refractivity contribution in [2.45, 2.75) is 6.42 Å². The summed E-state index contributed by atoms with van der Waals surface area (Å²) in [7, 11) is 0. The molecule has 1 aliphatic rings. The molecule has 25 heavy (non-hydrogen) atoms. The Kier molecular flexibility index (Phi) is 3.99. The molecule has 0 unspecified atom stereocenters. The van der Waals surface area contributed by atoms with Crippen molar-refractivity contribution >= 4 is 5.91 Å². The first-order valence-corrected chi connectivity index (χ1v) is 7.78. The third-order valence-electron chi connectivity index (χ3n) is 3.80. The summed E-state index contributed by atoms with van der Waals surface area (Å²) in [4.78, 5) is 20.6. The maximum Gasteiger partial charge on any atom is 0.255 e. The normalized spacial score (nSPS) is 12.2. The minimum absolute atomic E-state index is 0.209. The topological polar surface area (TPSA) is 91.2 Å². The Balaban J connectivity index is 1.41. The molecule has 8 nitrogen and oxygen atoms in total. The average Bonchev–Trinajstić information content (AvgIpc) is 3.33. The molecule has 0 saturated heterocycles. The number of carbonyl (C=O) groups excluding carboxylic acids is 1. The van der Waals surface area contributed by atoms with Crippen molar-refractivity contribution in [1.82, 2.24) is 25.1 Å². The van der Waals surface area contributed by atoms with Crippen LogP contribution < -0.4 is 14.8 Å². The number of fused-ring (bicyclic) bond motifs is 1. The minimum Gasteiger partial charge on any atom is -0.454 e. The molecule has 3 aromatic rings. The minimum atomic E-state index is -0.209. The Labute approximate surface area is 143 Å². The number of carbonyl (C=O) groups is 1. The van der Waals surface area contributed by atoms with Crippen molar-refractivity contribution in [1.29, 1.82) is 0 Å². The second kappa shape index (κ2) is 6.60. The van der Waals surface area contributed by atoms with Crippen LogP contribution in [0.15, 0.2) is 49.2 Å². The summed E-state index contributed by atoms with van der Waals surface area (Å²) in [5.74, 6) is 1.73. The molecular weight excluding hydrogens is 322 g/mol. The predicted octanol–water partition coefficient (Wildman–Crippen LogP) is 1.36. The second-order valence-electron chi connectivity index (χ2n) is 5.41. The maximum atomic E-state index is 12.5. The summed E-state index contributed by atoms with van der Waals surface area (Å²) in [5, 5.41) is 6.93. The van der Waals surface area contributed by atoms with E-state index in [0.29, 0.717) is 24.3 Å². The molecule has 0 fully saturated rings. The zero-order valence-electron chi connectivity index (χ0n) is 13.3. The van der Waals surface area contributed by atoms with Crippen molar-refractivity contribution in [3.8, 4) is 17.3 Å². The molecule has 1 aliphatic heterocycles. The molecule has 126 valence electrons. The smallest absolute Gasteiger partial charge is 0.255 e.